The third-order valence-corrected chi connectivity index (χ3v) is 3.46. The maximum Gasteiger partial charge on any atom is 0.315 e. The molecule has 0 aromatic rings. The van der Waals surface area contributed by atoms with Crippen LogP contribution >= 0.6 is 0 Å². The zero-order chi connectivity index (χ0) is 14.3. The highest BCUT2D eigenvalue weighted by Gasteiger charge is 2.25. The Labute approximate surface area is 113 Å². The van der Waals surface area contributed by atoms with Crippen molar-refractivity contribution >= 4 is 12.0 Å². The van der Waals surface area contributed by atoms with E-state index in [9.17, 15) is 9.59 Å². The van der Waals surface area contributed by atoms with E-state index in [-0.39, 0.29) is 30.6 Å². The normalized spacial score (nSPS) is 23.9. The van der Waals surface area contributed by atoms with E-state index in [1.807, 2.05) is 6.92 Å². The van der Waals surface area contributed by atoms with Crippen LogP contribution in [0, 0.1) is 0 Å². The predicted molar refractivity (Wildman–Crippen MR) is 71.1 cm³/mol. The quantitative estimate of drug-likeness (QED) is 0.655. The monoisotopic (exact) mass is 272 g/mol. The van der Waals surface area contributed by atoms with Crippen LogP contribution in [0.15, 0.2) is 0 Å². The van der Waals surface area contributed by atoms with Gasteiger partial charge in [0, 0.05) is 25.6 Å². The first-order valence-corrected chi connectivity index (χ1v) is 6.83. The molecule has 0 aliphatic heterocycles. The summed E-state index contributed by atoms with van der Waals surface area (Å²) in [4.78, 5) is 22.1. The van der Waals surface area contributed by atoms with E-state index in [4.69, 9.17) is 9.84 Å². The lowest BCUT2D eigenvalue weighted by Gasteiger charge is -2.17. The van der Waals surface area contributed by atoms with Crippen LogP contribution in [-0.4, -0.2) is 42.4 Å². The van der Waals surface area contributed by atoms with Crippen molar-refractivity contribution in [1.29, 1.82) is 0 Å². The van der Waals surface area contributed by atoms with Crippen molar-refractivity contribution in [3.8, 4) is 0 Å². The summed E-state index contributed by atoms with van der Waals surface area (Å²) < 4.78 is 5.25. The maximum absolute atomic E-state index is 11.7. The summed E-state index contributed by atoms with van der Waals surface area (Å²) in [5, 5.41) is 14.3. The number of carboxylic acids is 1. The SMILES string of the molecule is COC1CCC(NC(=O)NC(C)CCCC(=O)O)C1. The first-order valence-electron chi connectivity index (χ1n) is 6.83. The van der Waals surface area contributed by atoms with Crippen LogP contribution in [0.25, 0.3) is 0 Å². The van der Waals surface area contributed by atoms with Crippen LogP contribution in [0.1, 0.15) is 45.4 Å². The molecule has 0 radical (unpaired) electrons. The Kier molecular flexibility index (Phi) is 6.62. The summed E-state index contributed by atoms with van der Waals surface area (Å²) in [7, 11) is 1.69. The van der Waals surface area contributed by atoms with Gasteiger partial charge in [0.05, 0.1) is 6.10 Å². The Morgan fingerprint density at radius 3 is 2.74 bits per heavy atom. The van der Waals surface area contributed by atoms with Crippen molar-refractivity contribution in [3.63, 3.8) is 0 Å². The highest BCUT2D eigenvalue weighted by atomic mass is 16.5. The number of urea groups is 1. The molecule has 0 bridgehead atoms. The fourth-order valence-corrected chi connectivity index (χ4v) is 2.37. The number of methoxy groups -OCH3 is 1. The summed E-state index contributed by atoms with van der Waals surface area (Å²) >= 11 is 0. The summed E-state index contributed by atoms with van der Waals surface area (Å²) in [6.45, 7) is 1.88. The van der Waals surface area contributed by atoms with E-state index in [0.29, 0.717) is 12.8 Å². The Bertz CT molecular complexity index is 309. The number of amides is 2. The van der Waals surface area contributed by atoms with Crippen LogP contribution in [0.2, 0.25) is 0 Å². The Hall–Kier alpha value is -1.30. The molecule has 0 spiro atoms. The van der Waals surface area contributed by atoms with Gasteiger partial charge in [0.2, 0.25) is 0 Å². The number of aliphatic carboxylic acids is 1. The van der Waals surface area contributed by atoms with Gasteiger partial charge < -0.3 is 20.5 Å². The topological polar surface area (TPSA) is 87.7 Å². The second-order valence-electron chi connectivity index (χ2n) is 5.17. The van der Waals surface area contributed by atoms with Crippen LogP contribution in [0.4, 0.5) is 4.79 Å². The van der Waals surface area contributed by atoms with Crippen LogP contribution in [0.5, 0.6) is 0 Å². The van der Waals surface area contributed by atoms with E-state index in [1.54, 1.807) is 7.11 Å². The van der Waals surface area contributed by atoms with Crippen LogP contribution < -0.4 is 10.6 Å². The Balaban J connectivity index is 2.14. The van der Waals surface area contributed by atoms with Gasteiger partial charge in [-0.15, -0.1) is 0 Å². The van der Waals surface area contributed by atoms with Gasteiger partial charge in [-0.3, -0.25) is 4.79 Å². The molecule has 0 heterocycles. The largest absolute Gasteiger partial charge is 0.481 e. The van der Waals surface area contributed by atoms with E-state index in [0.717, 1.165) is 19.3 Å². The number of carbonyl (C=O) groups is 2. The minimum absolute atomic E-state index is 0.0148. The smallest absolute Gasteiger partial charge is 0.315 e. The number of ether oxygens (including phenoxy) is 1. The molecular weight excluding hydrogens is 248 g/mol. The van der Waals surface area contributed by atoms with Crippen molar-refractivity contribution in [3.05, 3.63) is 0 Å². The van der Waals surface area contributed by atoms with Gasteiger partial charge in [0.1, 0.15) is 0 Å². The number of nitrogens with one attached hydrogen (secondary N) is 2. The molecule has 6 nitrogen and oxygen atoms in total. The number of carboxylic acid groups (broad SMARTS) is 1. The molecule has 110 valence electrons. The molecule has 2 amide bonds. The molecule has 0 aromatic heterocycles. The number of rotatable bonds is 7. The van der Waals surface area contributed by atoms with Crippen molar-refractivity contribution in [2.24, 2.45) is 0 Å². The van der Waals surface area contributed by atoms with E-state index >= 15 is 0 Å². The molecule has 1 fully saturated rings. The average molecular weight is 272 g/mol. The second kappa shape index (κ2) is 7.99. The second-order valence-corrected chi connectivity index (χ2v) is 5.17. The van der Waals surface area contributed by atoms with Gasteiger partial charge in [-0.25, -0.2) is 4.79 Å². The standard InChI is InChI=1S/C13H24N2O4/c1-9(4-3-5-12(16)17)14-13(18)15-10-6-7-11(8-10)19-2/h9-11H,3-8H2,1-2H3,(H,16,17)(H2,14,15,18). The maximum atomic E-state index is 11.7. The molecule has 1 aliphatic carbocycles. The molecule has 1 aliphatic rings. The summed E-state index contributed by atoms with van der Waals surface area (Å²) in [5.41, 5.74) is 0. The van der Waals surface area contributed by atoms with Crippen molar-refractivity contribution in [2.75, 3.05) is 7.11 Å². The fraction of sp³-hybridized carbons (Fsp3) is 0.846. The zero-order valence-electron chi connectivity index (χ0n) is 11.6. The molecule has 0 aromatic carbocycles. The zero-order valence-corrected chi connectivity index (χ0v) is 11.6. The van der Waals surface area contributed by atoms with Crippen LogP contribution in [0.3, 0.4) is 0 Å². The first-order chi connectivity index (χ1) is 9.01. The van der Waals surface area contributed by atoms with Crippen molar-refractivity contribution in [2.45, 2.75) is 63.6 Å². The van der Waals surface area contributed by atoms with Gasteiger partial charge in [0.15, 0.2) is 0 Å². The van der Waals surface area contributed by atoms with Gasteiger partial charge >= 0.3 is 12.0 Å². The summed E-state index contributed by atoms with van der Waals surface area (Å²) in [5.74, 6) is -0.798. The van der Waals surface area contributed by atoms with Gasteiger partial charge in [-0.2, -0.15) is 0 Å². The average Bonchev–Trinajstić information content (AvgIpc) is 2.75. The van der Waals surface area contributed by atoms with Crippen molar-refractivity contribution in [1.82, 2.24) is 10.6 Å². The van der Waals surface area contributed by atoms with Crippen molar-refractivity contribution < 1.29 is 19.4 Å². The van der Waals surface area contributed by atoms with Gasteiger partial charge in [0.25, 0.3) is 0 Å². The molecule has 0 saturated heterocycles. The predicted octanol–water partition coefficient (Wildman–Crippen LogP) is 1.50. The van der Waals surface area contributed by atoms with E-state index in [1.165, 1.54) is 0 Å². The number of hydrogen-bond donors (Lipinski definition) is 3. The molecule has 1 rings (SSSR count). The number of hydrogen-bond acceptors (Lipinski definition) is 3. The fourth-order valence-electron chi connectivity index (χ4n) is 2.37. The van der Waals surface area contributed by atoms with Gasteiger partial charge in [-0.05, 0) is 39.0 Å². The first kappa shape index (κ1) is 15.8. The Morgan fingerprint density at radius 2 is 2.16 bits per heavy atom. The molecule has 3 unspecified atom stereocenters. The minimum Gasteiger partial charge on any atom is -0.481 e. The molecule has 3 N–H and O–H groups in total. The van der Waals surface area contributed by atoms with E-state index in [2.05, 4.69) is 10.6 Å². The summed E-state index contributed by atoms with van der Waals surface area (Å²) in [6.07, 6.45) is 4.42. The molecule has 1 saturated carbocycles. The van der Waals surface area contributed by atoms with Gasteiger partial charge in [-0.1, -0.05) is 0 Å². The molecular formula is C13H24N2O4. The summed E-state index contributed by atoms with van der Waals surface area (Å²) in [6, 6.07) is -0.0141. The highest BCUT2D eigenvalue weighted by molar-refractivity contribution is 5.74. The molecule has 19 heavy (non-hydrogen) atoms. The lowest BCUT2D eigenvalue weighted by molar-refractivity contribution is -0.137. The molecule has 6 heteroatoms. The minimum atomic E-state index is -0.798. The number of carbonyl (C=O) groups excluding carboxylic acids is 1. The van der Waals surface area contributed by atoms with E-state index < -0.39 is 5.97 Å². The molecule has 3 atom stereocenters. The van der Waals surface area contributed by atoms with Crippen LogP contribution in [-0.2, 0) is 9.53 Å². The Morgan fingerprint density at radius 1 is 1.42 bits per heavy atom. The lowest BCUT2D eigenvalue weighted by atomic mass is 10.1. The lowest BCUT2D eigenvalue weighted by Crippen LogP contribution is -2.44. The third kappa shape index (κ3) is 6.42. The third-order valence-electron chi connectivity index (χ3n) is 3.46. The highest BCUT2D eigenvalue weighted by Crippen LogP contribution is 2.21.